The lowest BCUT2D eigenvalue weighted by atomic mass is 10.1. The van der Waals surface area contributed by atoms with Gasteiger partial charge in [-0.15, -0.1) is 5.10 Å². The van der Waals surface area contributed by atoms with E-state index in [1.807, 2.05) is 41.8 Å². The maximum absolute atomic E-state index is 5.24. The molecule has 7 heteroatoms. The molecule has 3 heterocycles. The maximum Gasteiger partial charge on any atom is 0.229 e. The molecular weight excluding hydrogens is 376 g/mol. The van der Waals surface area contributed by atoms with Gasteiger partial charge in [-0.3, -0.25) is 4.90 Å². The molecule has 1 aliphatic rings. The van der Waals surface area contributed by atoms with Gasteiger partial charge in [-0.05, 0) is 43.2 Å². The number of methoxy groups -OCH3 is 1. The van der Waals surface area contributed by atoms with Crippen LogP contribution in [0.3, 0.4) is 0 Å². The molecule has 0 aliphatic carbocycles. The minimum absolute atomic E-state index is 0.771. The number of benzene rings is 2. The van der Waals surface area contributed by atoms with Crippen LogP contribution < -0.4 is 9.64 Å². The number of hydrogen-bond donors (Lipinski definition) is 0. The van der Waals surface area contributed by atoms with E-state index in [9.17, 15) is 0 Å². The Morgan fingerprint density at radius 2 is 1.70 bits per heavy atom. The van der Waals surface area contributed by atoms with Gasteiger partial charge in [0, 0.05) is 38.1 Å². The second-order valence-electron chi connectivity index (χ2n) is 7.75. The van der Waals surface area contributed by atoms with Gasteiger partial charge in [0.2, 0.25) is 5.95 Å². The van der Waals surface area contributed by atoms with Crippen LogP contribution in [0.2, 0.25) is 0 Å². The van der Waals surface area contributed by atoms with Crippen molar-refractivity contribution in [2.45, 2.75) is 13.3 Å². The Labute approximate surface area is 175 Å². The summed E-state index contributed by atoms with van der Waals surface area (Å²) in [6, 6.07) is 16.5. The van der Waals surface area contributed by atoms with Crippen molar-refractivity contribution < 1.29 is 4.74 Å². The van der Waals surface area contributed by atoms with Crippen molar-refractivity contribution in [2.75, 3.05) is 44.7 Å². The van der Waals surface area contributed by atoms with Gasteiger partial charge in [-0.1, -0.05) is 24.3 Å². The zero-order valence-corrected chi connectivity index (χ0v) is 17.5. The first-order valence-corrected chi connectivity index (χ1v) is 10.4. The number of ether oxygens (including phenoxy) is 1. The van der Waals surface area contributed by atoms with Crippen molar-refractivity contribution in [3.8, 4) is 5.75 Å². The van der Waals surface area contributed by atoms with Crippen molar-refractivity contribution in [1.29, 1.82) is 0 Å². The molecule has 0 bridgehead atoms. The highest BCUT2D eigenvalue weighted by Gasteiger charge is 2.22. The lowest BCUT2D eigenvalue weighted by Gasteiger charge is -2.35. The van der Waals surface area contributed by atoms with Crippen molar-refractivity contribution in [3.05, 3.63) is 59.9 Å². The smallest absolute Gasteiger partial charge is 0.229 e. The first-order valence-electron chi connectivity index (χ1n) is 10.4. The molecule has 0 unspecified atom stereocenters. The molecule has 0 atom stereocenters. The molecule has 5 rings (SSSR count). The van der Waals surface area contributed by atoms with Gasteiger partial charge in [0.05, 0.1) is 12.6 Å². The molecule has 2 aromatic carbocycles. The monoisotopic (exact) mass is 402 g/mol. The minimum atomic E-state index is 0.771. The summed E-state index contributed by atoms with van der Waals surface area (Å²) >= 11 is 0. The van der Waals surface area contributed by atoms with E-state index < -0.39 is 0 Å². The third kappa shape index (κ3) is 3.57. The second-order valence-corrected chi connectivity index (χ2v) is 7.75. The van der Waals surface area contributed by atoms with Crippen LogP contribution in [0, 0.1) is 6.92 Å². The summed E-state index contributed by atoms with van der Waals surface area (Å²) in [6.45, 7) is 6.88. The fourth-order valence-corrected chi connectivity index (χ4v) is 4.10. The van der Waals surface area contributed by atoms with Crippen molar-refractivity contribution in [2.24, 2.45) is 0 Å². The number of aromatic nitrogens is 4. The maximum atomic E-state index is 5.24. The summed E-state index contributed by atoms with van der Waals surface area (Å²) in [5.74, 6) is 2.57. The topological polar surface area (TPSA) is 58.8 Å². The number of nitrogens with zero attached hydrogens (tertiary/aromatic N) is 6. The minimum Gasteiger partial charge on any atom is -0.497 e. The summed E-state index contributed by atoms with van der Waals surface area (Å²) in [5.41, 5.74) is 3.19. The zero-order chi connectivity index (χ0) is 20.5. The predicted octanol–water partition coefficient (Wildman–Crippen LogP) is 2.96. The normalized spacial score (nSPS) is 15.2. The Balaban J connectivity index is 1.29. The lowest BCUT2D eigenvalue weighted by Crippen LogP contribution is -2.47. The molecule has 1 saturated heterocycles. The van der Waals surface area contributed by atoms with Crippen LogP contribution in [0.5, 0.6) is 5.75 Å². The van der Waals surface area contributed by atoms with Gasteiger partial charge in [0.25, 0.3) is 0 Å². The Kier molecular flexibility index (Phi) is 4.96. The van der Waals surface area contributed by atoms with E-state index in [0.717, 1.165) is 73.2 Å². The van der Waals surface area contributed by atoms with Crippen LogP contribution in [0.15, 0.2) is 48.5 Å². The van der Waals surface area contributed by atoms with Gasteiger partial charge in [0.1, 0.15) is 11.6 Å². The van der Waals surface area contributed by atoms with Crippen LogP contribution in [0.25, 0.3) is 16.6 Å². The van der Waals surface area contributed by atoms with E-state index in [1.54, 1.807) is 7.11 Å². The number of hydrogen-bond acceptors (Lipinski definition) is 6. The van der Waals surface area contributed by atoms with E-state index >= 15 is 0 Å². The highest BCUT2D eigenvalue weighted by Crippen LogP contribution is 2.23. The van der Waals surface area contributed by atoms with Gasteiger partial charge < -0.3 is 9.64 Å². The number of piperazine rings is 1. The first-order chi connectivity index (χ1) is 14.7. The van der Waals surface area contributed by atoms with E-state index in [2.05, 4.69) is 38.1 Å². The molecule has 0 spiro atoms. The number of rotatable bonds is 5. The number of anilines is 1. The molecule has 4 aromatic rings. The largest absolute Gasteiger partial charge is 0.497 e. The molecule has 2 aromatic heterocycles. The van der Waals surface area contributed by atoms with Crippen LogP contribution in [0.1, 0.15) is 11.4 Å². The molecule has 30 heavy (non-hydrogen) atoms. The van der Waals surface area contributed by atoms with Crippen LogP contribution >= 0.6 is 0 Å². The Bertz CT molecular complexity index is 1160. The number of fused-ring (bicyclic) bond motifs is 3. The van der Waals surface area contributed by atoms with Gasteiger partial charge >= 0.3 is 0 Å². The molecule has 0 radical (unpaired) electrons. The quantitative estimate of drug-likeness (QED) is 0.512. The number of aryl methyl sites for hydroxylation is 1. The van der Waals surface area contributed by atoms with E-state index in [0.29, 0.717) is 0 Å². The SMILES string of the molecule is COc1ccc(CCN2CCN(c3nc4ccccc4c4nc(C)nn34)CC2)cc1. The summed E-state index contributed by atoms with van der Waals surface area (Å²) in [7, 11) is 1.70. The summed E-state index contributed by atoms with van der Waals surface area (Å²) in [6.07, 6.45) is 1.05. The summed E-state index contributed by atoms with van der Waals surface area (Å²) < 4.78 is 7.15. The highest BCUT2D eigenvalue weighted by atomic mass is 16.5. The summed E-state index contributed by atoms with van der Waals surface area (Å²) in [5, 5.41) is 5.67. The van der Waals surface area contributed by atoms with Crippen LogP contribution in [0.4, 0.5) is 5.95 Å². The van der Waals surface area contributed by atoms with Crippen molar-refractivity contribution in [3.63, 3.8) is 0 Å². The fraction of sp³-hybridized carbons (Fsp3) is 0.348. The van der Waals surface area contributed by atoms with E-state index in [1.165, 1.54) is 5.56 Å². The average molecular weight is 403 g/mol. The van der Waals surface area contributed by atoms with Gasteiger partial charge in [-0.25, -0.2) is 9.97 Å². The number of para-hydroxylation sites is 1. The van der Waals surface area contributed by atoms with E-state index in [-0.39, 0.29) is 0 Å². The molecule has 1 fully saturated rings. The standard InChI is InChI=1S/C23H26N6O/c1-17-24-22-20-5-3-4-6-21(20)25-23(29(22)26-17)28-15-13-27(14-16-28)12-11-18-7-9-19(30-2)10-8-18/h3-10H,11-16H2,1-2H3. The molecule has 0 amide bonds. The van der Waals surface area contributed by atoms with Crippen molar-refractivity contribution in [1.82, 2.24) is 24.5 Å². The second kappa shape index (κ2) is 7.91. The lowest BCUT2D eigenvalue weighted by molar-refractivity contribution is 0.259. The van der Waals surface area contributed by atoms with Gasteiger partial charge in [-0.2, -0.15) is 4.52 Å². The third-order valence-corrected chi connectivity index (χ3v) is 5.80. The Morgan fingerprint density at radius 3 is 2.47 bits per heavy atom. The highest BCUT2D eigenvalue weighted by molar-refractivity contribution is 5.92. The van der Waals surface area contributed by atoms with Crippen molar-refractivity contribution >= 4 is 22.5 Å². The Morgan fingerprint density at radius 1 is 0.933 bits per heavy atom. The molecule has 1 aliphatic heterocycles. The molecular formula is C23H26N6O. The van der Waals surface area contributed by atoms with Crippen LogP contribution in [-0.4, -0.2) is 64.3 Å². The van der Waals surface area contributed by atoms with Gasteiger partial charge in [0.15, 0.2) is 5.65 Å². The Hall–Kier alpha value is -3.19. The molecule has 154 valence electrons. The zero-order valence-electron chi connectivity index (χ0n) is 17.5. The van der Waals surface area contributed by atoms with E-state index in [4.69, 9.17) is 9.72 Å². The summed E-state index contributed by atoms with van der Waals surface area (Å²) in [4.78, 5) is 14.4. The first kappa shape index (κ1) is 18.8. The average Bonchev–Trinajstić information content (AvgIpc) is 3.19. The third-order valence-electron chi connectivity index (χ3n) is 5.80. The fourth-order valence-electron chi connectivity index (χ4n) is 4.10. The predicted molar refractivity (Wildman–Crippen MR) is 118 cm³/mol. The molecule has 0 N–H and O–H groups in total. The van der Waals surface area contributed by atoms with Crippen LogP contribution in [-0.2, 0) is 6.42 Å². The molecule has 7 nitrogen and oxygen atoms in total. The molecule has 0 saturated carbocycles.